The second-order valence-corrected chi connectivity index (χ2v) is 6.51. The minimum Gasteiger partial charge on any atom is -0.298 e. The van der Waals surface area contributed by atoms with E-state index in [1.807, 2.05) is 24.3 Å². The fourth-order valence-electron chi connectivity index (χ4n) is 3.49. The average molecular weight is 304 g/mol. The van der Waals surface area contributed by atoms with E-state index in [9.17, 15) is 4.79 Å². The quantitative estimate of drug-likeness (QED) is 0.845. The molecule has 0 bridgehead atoms. The smallest absolute Gasteiger partial charge is 0.175 e. The first-order chi connectivity index (χ1) is 11.2. The zero-order valence-corrected chi connectivity index (χ0v) is 13.3. The molecule has 3 heteroatoms. The van der Waals surface area contributed by atoms with Crippen LogP contribution in [0.5, 0.6) is 0 Å². The number of aryl methyl sites for hydroxylation is 1. The first-order valence-electron chi connectivity index (χ1n) is 8.19. The molecule has 1 unspecified atom stereocenters. The number of benzene rings is 2. The molecule has 2 aromatic rings. The van der Waals surface area contributed by atoms with Gasteiger partial charge in [0.1, 0.15) is 0 Å². The van der Waals surface area contributed by atoms with Gasteiger partial charge in [0.25, 0.3) is 0 Å². The number of likely N-dealkylation sites (tertiary alicyclic amines) is 1. The highest BCUT2D eigenvalue weighted by molar-refractivity contribution is 6.18. The molecule has 0 radical (unpaired) electrons. The predicted octanol–water partition coefficient (Wildman–Crippen LogP) is 3.79. The van der Waals surface area contributed by atoms with Gasteiger partial charge in [-0.3, -0.25) is 14.7 Å². The van der Waals surface area contributed by atoms with Gasteiger partial charge in [-0.25, -0.2) is 0 Å². The number of hydrogen-bond acceptors (Lipinski definition) is 3. The van der Waals surface area contributed by atoms with Gasteiger partial charge in [0.2, 0.25) is 0 Å². The molecular formula is C20H20N2O. The van der Waals surface area contributed by atoms with Crippen LogP contribution in [-0.2, 0) is 6.54 Å². The van der Waals surface area contributed by atoms with Crippen molar-refractivity contribution in [3.63, 3.8) is 0 Å². The number of ketones is 1. The summed E-state index contributed by atoms with van der Waals surface area (Å²) in [5.74, 6) is 0.170. The van der Waals surface area contributed by atoms with Crippen LogP contribution in [0.2, 0.25) is 0 Å². The third-order valence-corrected chi connectivity index (χ3v) is 4.80. The Hall–Kier alpha value is -2.26. The topological polar surface area (TPSA) is 32.7 Å². The van der Waals surface area contributed by atoms with E-state index >= 15 is 0 Å². The molecule has 0 aliphatic carbocycles. The normalized spacial score (nSPS) is 20.7. The molecule has 2 aliphatic heterocycles. The summed E-state index contributed by atoms with van der Waals surface area (Å²) < 4.78 is 0. The van der Waals surface area contributed by atoms with E-state index < -0.39 is 0 Å². The van der Waals surface area contributed by atoms with Crippen LogP contribution in [0.4, 0.5) is 5.69 Å². The number of aliphatic imine (C=N–C) groups is 1. The molecule has 0 N–H and O–H groups in total. The minimum absolute atomic E-state index is 0.0656. The van der Waals surface area contributed by atoms with E-state index in [4.69, 9.17) is 4.99 Å². The predicted molar refractivity (Wildman–Crippen MR) is 92.4 cm³/mol. The van der Waals surface area contributed by atoms with Crippen LogP contribution >= 0.6 is 0 Å². The molecule has 0 spiro atoms. The van der Waals surface area contributed by atoms with Crippen molar-refractivity contribution < 1.29 is 4.79 Å². The molecule has 23 heavy (non-hydrogen) atoms. The Morgan fingerprint density at radius 1 is 1.13 bits per heavy atom. The molecule has 4 rings (SSSR count). The van der Waals surface area contributed by atoms with E-state index in [2.05, 4.69) is 36.1 Å². The maximum Gasteiger partial charge on any atom is 0.175 e. The summed E-state index contributed by atoms with van der Waals surface area (Å²) in [7, 11) is 0. The Morgan fingerprint density at radius 2 is 1.91 bits per heavy atom. The van der Waals surface area contributed by atoms with Gasteiger partial charge in [-0.1, -0.05) is 42.0 Å². The standard InChI is InChI=1S/C20H20N2O/c1-14-6-8-15(9-7-14)12-22-11-10-19-17(13-22)20(23)16-4-2-3-5-18(16)21-19/h2-9,17H,10-13H2,1H3. The van der Waals surface area contributed by atoms with Gasteiger partial charge in [-0.2, -0.15) is 0 Å². The monoisotopic (exact) mass is 304 g/mol. The Morgan fingerprint density at radius 3 is 2.74 bits per heavy atom. The number of rotatable bonds is 2. The Bertz CT molecular complexity index is 776. The minimum atomic E-state index is -0.0656. The number of Topliss-reactive ketones (excluding diaryl/α,β-unsaturated/α-hetero) is 1. The largest absolute Gasteiger partial charge is 0.298 e. The molecule has 0 saturated carbocycles. The maximum atomic E-state index is 12.8. The van der Waals surface area contributed by atoms with Gasteiger partial charge in [0.15, 0.2) is 5.78 Å². The van der Waals surface area contributed by atoms with E-state index in [1.165, 1.54) is 11.1 Å². The highest BCUT2D eigenvalue weighted by Gasteiger charge is 2.35. The molecule has 1 saturated heterocycles. The van der Waals surface area contributed by atoms with Crippen molar-refractivity contribution >= 4 is 17.2 Å². The van der Waals surface area contributed by atoms with Crippen molar-refractivity contribution in [2.24, 2.45) is 10.9 Å². The van der Waals surface area contributed by atoms with Gasteiger partial charge < -0.3 is 0 Å². The number of carbonyl (C=O) groups excluding carboxylic acids is 1. The summed E-state index contributed by atoms with van der Waals surface area (Å²) >= 11 is 0. The molecule has 2 aliphatic rings. The van der Waals surface area contributed by atoms with Crippen LogP contribution in [0.1, 0.15) is 27.9 Å². The average Bonchev–Trinajstić information content (AvgIpc) is 2.58. The first-order valence-corrected chi connectivity index (χ1v) is 8.19. The lowest BCUT2D eigenvalue weighted by Gasteiger charge is -2.35. The van der Waals surface area contributed by atoms with Crippen molar-refractivity contribution in [3.8, 4) is 0 Å². The highest BCUT2D eigenvalue weighted by atomic mass is 16.1. The summed E-state index contributed by atoms with van der Waals surface area (Å²) in [5.41, 5.74) is 5.27. The molecule has 2 aromatic carbocycles. The van der Waals surface area contributed by atoms with Crippen LogP contribution in [0, 0.1) is 12.8 Å². The molecule has 0 aromatic heterocycles. The Balaban J connectivity index is 1.54. The fourth-order valence-corrected chi connectivity index (χ4v) is 3.49. The van der Waals surface area contributed by atoms with Crippen LogP contribution in [0.25, 0.3) is 0 Å². The molecule has 2 heterocycles. The summed E-state index contributed by atoms with van der Waals surface area (Å²) in [6.07, 6.45) is 0.886. The van der Waals surface area contributed by atoms with E-state index in [0.29, 0.717) is 0 Å². The molecular weight excluding hydrogens is 284 g/mol. The lowest BCUT2D eigenvalue weighted by atomic mass is 9.85. The van der Waals surface area contributed by atoms with Crippen molar-refractivity contribution in [1.29, 1.82) is 0 Å². The molecule has 1 fully saturated rings. The van der Waals surface area contributed by atoms with E-state index in [1.54, 1.807) is 0 Å². The lowest BCUT2D eigenvalue weighted by molar-refractivity contribution is 0.0908. The van der Waals surface area contributed by atoms with Crippen LogP contribution in [-0.4, -0.2) is 29.5 Å². The number of carbonyl (C=O) groups is 1. The van der Waals surface area contributed by atoms with Crippen LogP contribution in [0.15, 0.2) is 53.5 Å². The lowest BCUT2D eigenvalue weighted by Crippen LogP contribution is -2.45. The van der Waals surface area contributed by atoms with E-state index in [0.717, 1.165) is 43.0 Å². The summed E-state index contributed by atoms with van der Waals surface area (Å²) in [6.45, 7) is 4.75. The second-order valence-electron chi connectivity index (χ2n) is 6.51. The molecule has 1 atom stereocenters. The van der Waals surface area contributed by atoms with Crippen molar-refractivity contribution in [2.75, 3.05) is 13.1 Å². The van der Waals surface area contributed by atoms with Crippen LogP contribution in [0.3, 0.4) is 0 Å². The molecule has 0 amide bonds. The van der Waals surface area contributed by atoms with Gasteiger partial charge >= 0.3 is 0 Å². The number of nitrogens with zero attached hydrogens (tertiary/aromatic N) is 2. The van der Waals surface area contributed by atoms with Crippen molar-refractivity contribution in [3.05, 3.63) is 65.2 Å². The summed E-state index contributed by atoms with van der Waals surface area (Å²) in [4.78, 5) is 19.9. The van der Waals surface area contributed by atoms with Gasteiger partial charge in [-0.05, 0) is 31.0 Å². The third-order valence-electron chi connectivity index (χ3n) is 4.80. The van der Waals surface area contributed by atoms with E-state index in [-0.39, 0.29) is 11.7 Å². The zero-order valence-electron chi connectivity index (χ0n) is 13.3. The Labute approximate surface area is 136 Å². The first kappa shape index (κ1) is 14.3. The van der Waals surface area contributed by atoms with Gasteiger partial charge in [-0.15, -0.1) is 0 Å². The number of fused-ring (bicyclic) bond motifs is 2. The number of hydrogen-bond donors (Lipinski definition) is 0. The second kappa shape index (κ2) is 5.74. The fraction of sp³-hybridized carbons (Fsp3) is 0.300. The van der Waals surface area contributed by atoms with Crippen LogP contribution < -0.4 is 0 Å². The third kappa shape index (κ3) is 2.73. The van der Waals surface area contributed by atoms with Crippen molar-refractivity contribution in [1.82, 2.24) is 4.90 Å². The summed E-state index contributed by atoms with van der Waals surface area (Å²) in [5, 5.41) is 0. The summed E-state index contributed by atoms with van der Waals surface area (Å²) in [6, 6.07) is 16.4. The molecule has 3 nitrogen and oxygen atoms in total. The maximum absolute atomic E-state index is 12.8. The van der Waals surface area contributed by atoms with Gasteiger partial charge in [0.05, 0.1) is 11.6 Å². The highest BCUT2D eigenvalue weighted by Crippen LogP contribution is 2.32. The van der Waals surface area contributed by atoms with Crippen molar-refractivity contribution in [2.45, 2.75) is 19.9 Å². The van der Waals surface area contributed by atoms with Gasteiger partial charge in [0, 0.05) is 30.9 Å². The Kier molecular flexibility index (Phi) is 3.58. The molecule has 116 valence electrons. The number of piperidine rings is 1. The SMILES string of the molecule is Cc1ccc(CN2CCC3=Nc4ccccc4C(=O)C3C2)cc1. The zero-order chi connectivity index (χ0) is 15.8. The number of para-hydroxylation sites is 1.